The normalized spacial score (nSPS) is 13.0. The molecule has 0 N–H and O–H groups in total. The van der Waals surface area contributed by atoms with E-state index < -0.39 is 0 Å². The first-order chi connectivity index (χ1) is 13.6. The van der Waals surface area contributed by atoms with Crippen LogP contribution in [0.5, 0.6) is 23.0 Å². The Hall–Kier alpha value is -2.89. The van der Waals surface area contributed by atoms with Gasteiger partial charge in [0.1, 0.15) is 5.75 Å². The van der Waals surface area contributed by atoms with Gasteiger partial charge in [-0.15, -0.1) is 0 Å². The first-order valence-corrected chi connectivity index (χ1v) is 9.35. The van der Waals surface area contributed by atoms with E-state index in [1.54, 1.807) is 28.4 Å². The van der Waals surface area contributed by atoms with Crippen molar-refractivity contribution in [1.82, 2.24) is 4.90 Å². The summed E-state index contributed by atoms with van der Waals surface area (Å²) in [7, 11) is 6.37. The molecule has 0 heterocycles. The van der Waals surface area contributed by atoms with Gasteiger partial charge in [0.2, 0.25) is 5.75 Å². The predicted molar refractivity (Wildman–Crippen MR) is 107 cm³/mol. The number of hydrogen-bond donors (Lipinski definition) is 0. The molecule has 1 fully saturated rings. The predicted octanol–water partition coefficient (Wildman–Crippen LogP) is 3.57. The maximum absolute atomic E-state index is 13.2. The molecule has 0 spiro atoms. The van der Waals surface area contributed by atoms with Crippen LogP contribution in [0.4, 0.5) is 0 Å². The molecule has 2 aromatic rings. The number of carbonyl (C=O) groups excluding carboxylic acids is 1. The summed E-state index contributed by atoms with van der Waals surface area (Å²) in [6.45, 7) is 0.611. The molecule has 0 radical (unpaired) electrons. The lowest BCUT2D eigenvalue weighted by Crippen LogP contribution is -2.35. The molecule has 1 saturated carbocycles. The van der Waals surface area contributed by atoms with Crippen LogP contribution in [0.15, 0.2) is 36.4 Å². The van der Waals surface area contributed by atoms with Crippen LogP contribution in [0.25, 0.3) is 0 Å². The summed E-state index contributed by atoms with van der Waals surface area (Å²) in [5.41, 5.74) is 1.62. The number of methoxy groups -OCH3 is 4. The summed E-state index contributed by atoms with van der Waals surface area (Å²) >= 11 is 0. The van der Waals surface area contributed by atoms with E-state index in [1.807, 2.05) is 41.3 Å². The molecule has 0 saturated heterocycles. The van der Waals surface area contributed by atoms with Gasteiger partial charge in [-0.05, 0) is 49.1 Å². The Balaban J connectivity index is 1.80. The minimum absolute atomic E-state index is 0.00684. The largest absolute Gasteiger partial charge is 0.496 e. The summed E-state index contributed by atoms with van der Waals surface area (Å²) in [6.07, 6.45) is 2.76. The molecule has 1 aliphatic rings. The van der Waals surface area contributed by atoms with Gasteiger partial charge in [0, 0.05) is 12.6 Å². The van der Waals surface area contributed by atoms with E-state index in [2.05, 4.69) is 0 Å². The van der Waals surface area contributed by atoms with Gasteiger partial charge in [-0.2, -0.15) is 0 Å². The lowest BCUT2D eigenvalue weighted by atomic mass is 10.1. The van der Waals surface area contributed by atoms with Crippen molar-refractivity contribution in [2.45, 2.75) is 25.3 Å². The second-order valence-electron chi connectivity index (χ2n) is 6.71. The third-order valence-corrected chi connectivity index (χ3v) is 4.95. The molecule has 0 unspecified atom stereocenters. The van der Waals surface area contributed by atoms with Gasteiger partial charge in [-0.3, -0.25) is 4.79 Å². The van der Waals surface area contributed by atoms with Crippen LogP contribution < -0.4 is 18.9 Å². The zero-order valence-corrected chi connectivity index (χ0v) is 16.9. The molecule has 2 aromatic carbocycles. The SMILES string of the molecule is COc1ccccc1C(=O)N(CCc1cc(OC)c(OC)c(OC)c1)C1CC1. The molecule has 1 aliphatic carbocycles. The molecule has 3 rings (SSSR count). The molecular weight excluding hydrogens is 358 g/mol. The zero-order chi connectivity index (χ0) is 20.1. The summed E-state index contributed by atoms with van der Waals surface area (Å²) in [4.78, 5) is 15.1. The quantitative estimate of drug-likeness (QED) is 0.661. The van der Waals surface area contributed by atoms with Crippen LogP contribution >= 0.6 is 0 Å². The molecular formula is C22H27NO5. The monoisotopic (exact) mass is 385 g/mol. The van der Waals surface area contributed by atoms with Gasteiger partial charge in [0.25, 0.3) is 5.91 Å². The number of benzene rings is 2. The Morgan fingerprint density at radius 3 is 2.07 bits per heavy atom. The van der Waals surface area contributed by atoms with Gasteiger partial charge in [-0.25, -0.2) is 0 Å². The number of para-hydroxylation sites is 1. The third-order valence-electron chi connectivity index (χ3n) is 4.95. The average Bonchev–Trinajstić information content (AvgIpc) is 3.57. The van der Waals surface area contributed by atoms with Crippen molar-refractivity contribution in [3.8, 4) is 23.0 Å². The lowest BCUT2D eigenvalue weighted by molar-refractivity contribution is 0.0741. The minimum Gasteiger partial charge on any atom is -0.496 e. The Morgan fingerprint density at radius 1 is 0.929 bits per heavy atom. The Bertz CT molecular complexity index is 806. The number of carbonyl (C=O) groups is 1. The van der Waals surface area contributed by atoms with Crippen molar-refractivity contribution >= 4 is 5.91 Å². The number of ether oxygens (including phenoxy) is 4. The van der Waals surface area contributed by atoms with Crippen molar-refractivity contribution in [1.29, 1.82) is 0 Å². The molecule has 0 bridgehead atoms. The van der Waals surface area contributed by atoms with Crippen molar-refractivity contribution in [2.24, 2.45) is 0 Å². The molecule has 0 atom stereocenters. The molecule has 28 heavy (non-hydrogen) atoms. The van der Waals surface area contributed by atoms with Gasteiger partial charge >= 0.3 is 0 Å². The second-order valence-corrected chi connectivity index (χ2v) is 6.71. The van der Waals surface area contributed by atoms with Crippen molar-refractivity contribution in [3.63, 3.8) is 0 Å². The fourth-order valence-electron chi connectivity index (χ4n) is 3.34. The van der Waals surface area contributed by atoms with Gasteiger partial charge in [0.05, 0.1) is 34.0 Å². The molecule has 0 aliphatic heterocycles. The minimum atomic E-state index is 0.00684. The summed E-state index contributed by atoms with van der Waals surface area (Å²) in [5.74, 6) is 2.41. The average molecular weight is 385 g/mol. The smallest absolute Gasteiger partial charge is 0.257 e. The highest BCUT2D eigenvalue weighted by Crippen LogP contribution is 2.38. The maximum Gasteiger partial charge on any atom is 0.257 e. The van der Waals surface area contributed by atoms with Crippen LogP contribution in [0.3, 0.4) is 0 Å². The van der Waals surface area contributed by atoms with E-state index in [-0.39, 0.29) is 5.91 Å². The second kappa shape index (κ2) is 8.87. The van der Waals surface area contributed by atoms with Crippen LogP contribution in [-0.2, 0) is 6.42 Å². The highest BCUT2D eigenvalue weighted by molar-refractivity contribution is 5.97. The van der Waals surface area contributed by atoms with Crippen molar-refractivity contribution in [3.05, 3.63) is 47.5 Å². The molecule has 6 nitrogen and oxygen atoms in total. The standard InChI is InChI=1S/C22H27NO5/c1-25-18-8-6-5-7-17(18)22(24)23(16-9-10-16)12-11-15-13-19(26-2)21(28-4)20(14-15)27-3/h5-8,13-14,16H,9-12H2,1-4H3. The fraction of sp³-hybridized carbons (Fsp3) is 0.409. The molecule has 0 aromatic heterocycles. The van der Waals surface area contributed by atoms with Crippen LogP contribution in [0.1, 0.15) is 28.8 Å². The third kappa shape index (κ3) is 4.16. The van der Waals surface area contributed by atoms with E-state index in [4.69, 9.17) is 18.9 Å². The number of rotatable bonds is 9. The van der Waals surface area contributed by atoms with Crippen LogP contribution in [0.2, 0.25) is 0 Å². The van der Waals surface area contributed by atoms with E-state index in [0.717, 1.165) is 18.4 Å². The first-order valence-electron chi connectivity index (χ1n) is 9.35. The molecule has 150 valence electrons. The maximum atomic E-state index is 13.2. The number of hydrogen-bond acceptors (Lipinski definition) is 5. The van der Waals surface area contributed by atoms with Gasteiger partial charge < -0.3 is 23.8 Å². The number of nitrogens with zero attached hydrogens (tertiary/aromatic N) is 1. The van der Waals surface area contributed by atoms with E-state index >= 15 is 0 Å². The Labute approximate surface area is 166 Å². The molecule has 1 amide bonds. The summed E-state index contributed by atoms with van der Waals surface area (Å²) in [6, 6.07) is 11.5. The number of amides is 1. The van der Waals surface area contributed by atoms with E-state index in [0.29, 0.717) is 47.6 Å². The van der Waals surface area contributed by atoms with Crippen molar-refractivity contribution in [2.75, 3.05) is 35.0 Å². The first kappa shape index (κ1) is 19.9. The Morgan fingerprint density at radius 2 is 1.54 bits per heavy atom. The topological polar surface area (TPSA) is 57.2 Å². The van der Waals surface area contributed by atoms with E-state index in [9.17, 15) is 4.79 Å². The van der Waals surface area contributed by atoms with E-state index in [1.165, 1.54) is 0 Å². The fourth-order valence-corrected chi connectivity index (χ4v) is 3.34. The molecule has 6 heteroatoms. The summed E-state index contributed by atoms with van der Waals surface area (Å²) in [5, 5.41) is 0. The highest BCUT2D eigenvalue weighted by atomic mass is 16.5. The highest BCUT2D eigenvalue weighted by Gasteiger charge is 2.33. The Kier molecular flexibility index (Phi) is 6.29. The van der Waals surface area contributed by atoms with Gasteiger partial charge in [0.15, 0.2) is 11.5 Å². The van der Waals surface area contributed by atoms with Crippen LogP contribution in [-0.4, -0.2) is 51.8 Å². The lowest BCUT2D eigenvalue weighted by Gasteiger charge is -2.24. The zero-order valence-electron chi connectivity index (χ0n) is 16.9. The van der Waals surface area contributed by atoms with Gasteiger partial charge in [-0.1, -0.05) is 12.1 Å². The van der Waals surface area contributed by atoms with Crippen molar-refractivity contribution < 1.29 is 23.7 Å². The summed E-state index contributed by atoms with van der Waals surface area (Å²) < 4.78 is 21.6. The van der Waals surface area contributed by atoms with Crippen LogP contribution in [0, 0.1) is 0 Å².